The number of nitrogens with zero attached hydrogens (tertiary/aromatic N) is 1. The van der Waals surface area contributed by atoms with Crippen molar-refractivity contribution in [1.29, 1.82) is 0 Å². The van der Waals surface area contributed by atoms with Crippen LogP contribution in [0.1, 0.15) is 45.4 Å². The second kappa shape index (κ2) is 4.49. The van der Waals surface area contributed by atoms with Gasteiger partial charge < -0.3 is 15.3 Å². The summed E-state index contributed by atoms with van der Waals surface area (Å²) in [4.78, 5) is 14.0. The van der Waals surface area contributed by atoms with Crippen molar-refractivity contribution >= 4 is 5.91 Å². The van der Waals surface area contributed by atoms with E-state index in [1.807, 2.05) is 11.8 Å². The van der Waals surface area contributed by atoms with Gasteiger partial charge in [-0.05, 0) is 38.0 Å². The van der Waals surface area contributed by atoms with Gasteiger partial charge in [0, 0.05) is 18.5 Å². The zero-order valence-corrected chi connectivity index (χ0v) is 11.2. The van der Waals surface area contributed by atoms with Gasteiger partial charge in [0.25, 0.3) is 0 Å². The molecular weight excluding hydrogens is 228 g/mol. The lowest BCUT2D eigenvalue weighted by molar-refractivity contribution is -0.156. The van der Waals surface area contributed by atoms with Crippen molar-refractivity contribution in [2.75, 3.05) is 13.1 Å². The molecule has 0 aromatic heterocycles. The standard InChI is InChI=1S/C14H24N2O2/c1-2-14(18)8-16(9-14)13(17)7-10-5-11-3-4-12(6-10)15-11/h10-12,15,18H,2-9H2,1H3. The number of fused-ring (bicyclic) bond motifs is 2. The van der Waals surface area contributed by atoms with Crippen LogP contribution >= 0.6 is 0 Å². The number of aliphatic hydroxyl groups is 1. The molecule has 3 saturated heterocycles. The van der Waals surface area contributed by atoms with Gasteiger partial charge in [-0.2, -0.15) is 0 Å². The van der Waals surface area contributed by atoms with E-state index in [0.717, 1.165) is 19.3 Å². The van der Waals surface area contributed by atoms with Crippen molar-refractivity contribution in [3.63, 3.8) is 0 Å². The molecule has 0 aromatic rings. The van der Waals surface area contributed by atoms with Crippen LogP contribution in [0.5, 0.6) is 0 Å². The molecule has 18 heavy (non-hydrogen) atoms. The monoisotopic (exact) mass is 252 g/mol. The van der Waals surface area contributed by atoms with Crippen LogP contribution in [0.4, 0.5) is 0 Å². The van der Waals surface area contributed by atoms with Crippen molar-refractivity contribution in [2.24, 2.45) is 5.92 Å². The zero-order valence-electron chi connectivity index (χ0n) is 11.2. The average Bonchev–Trinajstić information content (AvgIpc) is 2.64. The number of nitrogens with one attached hydrogen (secondary N) is 1. The first-order chi connectivity index (χ1) is 8.58. The summed E-state index contributed by atoms with van der Waals surface area (Å²) in [6, 6.07) is 1.32. The molecule has 2 unspecified atom stereocenters. The fourth-order valence-corrected chi connectivity index (χ4v) is 3.78. The Bertz CT molecular complexity index is 327. The molecule has 2 N–H and O–H groups in total. The normalized spacial score (nSPS) is 37.4. The summed E-state index contributed by atoms with van der Waals surface area (Å²) in [7, 11) is 0. The highest BCUT2D eigenvalue weighted by atomic mass is 16.3. The lowest BCUT2D eigenvalue weighted by atomic mass is 9.87. The molecule has 3 heterocycles. The highest BCUT2D eigenvalue weighted by molar-refractivity contribution is 5.77. The fourth-order valence-electron chi connectivity index (χ4n) is 3.78. The molecule has 0 aliphatic carbocycles. The summed E-state index contributed by atoms with van der Waals surface area (Å²) in [6.07, 6.45) is 6.33. The van der Waals surface area contributed by atoms with E-state index in [1.54, 1.807) is 0 Å². The van der Waals surface area contributed by atoms with E-state index in [9.17, 15) is 9.90 Å². The van der Waals surface area contributed by atoms with Crippen LogP contribution in [-0.2, 0) is 4.79 Å². The number of amides is 1. The third-order valence-corrected chi connectivity index (χ3v) is 5.02. The van der Waals surface area contributed by atoms with Gasteiger partial charge in [-0.1, -0.05) is 6.92 Å². The van der Waals surface area contributed by atoms with Gasteiger partial charge in [0.1, 0.15) is 0 Å². The minimum Gasteiger partial charge on any atom is -0.386 e. The largest absolute Gasteiger partial charge is 0.386 e. The highest BCUT2D eigenvalue weighted by Crippen LogP contribution is 2.34. The Kier molecular flexibility index (Phi) is 3.10. The van der Waals surface area contributed by atoms with Gasteiger partial charge in [0.15, 0.2) is 0 Å². The number of hydrogen-bond acceptors (Lipinski definition) is 3. The summed E-state index contributed by atoms with van der Waals surface area (Å²) in [5.74, 6) is 0.811. The smallest absolute Gasteiger partial charge is 0.223 e. The van der Waals surface area contributed by atoms with E-state index in [1.165, 1.54) is 12.8 Å². The predicted octanol–water partition coefficient (Wildman–Crippen LogP) is 0.890. The van der Waals surface area contributed by atoms with Gasteiger partial charge in [0.05, 0.1) is 18.7 Å². The topological polar surface area (TPSA) is 52.6 Å². The van der Waals surface area contributed by atoms with Gasteiger partial charge in [-0.25, -0.2) is 0 Å². The molecule has 0 aromatic carbocycles. The predicted molar refractivity (Wildman–Crippen MR) is 69.1 cm³/mol. The van der Waals surface area contributed by atoms with Crippen molar-refractivity contribution in [3.05, 3.63) is 0 Å². The molecule has 0 saturated carbocycles. The van der Waals surface area contributed by atoms with E-state index in [0.29, 0.717) is 37.5 Å². The quantitative estimate of drug-likeness (QED) is 0.784. The van der Waals surface area contributed by atoms with Crippen molar-refractivity contribution in [1.82, 2.24) is 10.2 Å². The Morgan fingerprint density at radius 3 is 2.50 bits per heavy atom. The molecular formula is C14H24N2O2. The molecule has 3 aliphatic rings. The molecule has 1 amide bonds. The van der Waals surface area contributed by atoms with Gasteiger partial charge in [-0.3, -0.25) is 4.79 Å². The van der Waals surface area contributed by atoms with Gasteiger partial charge in [-0.15, -0.1) is 0 Å². The molecule has 2 atom stereocenters. The van der Waals surface area contributed by atoms with E-state index in [-0.39, 0.29) is 5.91 Å². The minimum atomic E-state index is -0.594. The maximum Gasteiger partial charge on any atom is 0.223 e. The van der Waals surface area contributed by atoms with Crippen LogP contribution < -0.4 is 5.32 Å². The van der Waals surface area contributed by atoms with Crippen LogP contribution in [0.3, 0.4) is 0 Å². The minimum absolute atomic E-state index is 0.249. The average molecular weight is 252 g/mol. The highest BCUT2D eigenvalue weighted by Gasteiger charge is 2.43. The molecule has 0 spiro atoms. The molecule has 4 nitrogen and oxygen atoms in total. The van der Waals surface area contributed by atoms with Gasteiger partial charge in [0.2, 0.25) is 5.91 Å². The molecule has 102 valence electrons. The zero-order chi connectivity index (χ0) is 12.8. The lowest BCUT2D eigenvalue weighted by Gasteiger charge is -2.46. The number of piperidine rings is 1. The summed E-state index contributed by atoms with van der Waals surface area (Å²) in [5.41, 5.74) is -0.594. The summed E-state index contributed by atoms with van der Waals surface area (Å²) in [6.45, 7) is 3.06. The Hall–Kier alpha value is -0.610. The van der Waals surface area contributed by atoms with Crippen molar-refractivity contribution < 1.29 is 9.90 Å². The number of hydrogen-bond donors (Lipinski definition) is 2. The lowest BCUT2D eigenvalue weighted by Crippen LogP contribution is -2.63. The fraction of sp³-hybridized carbons (Fsp3) is 0.929. The summed E-state index contributed by atoms with van der Waals surface area (Å²) >= 11 is 0. The van der Waals surface area contributed by atoms with Crippen LogP contribution in [0.15, 0.2) is 0 Å². The molecule has 4 heteroatoms. The number of β-amino-alcohol motifs (C(OH)–C–C–N with tert-alkyl or cyclic N) is 1. The molecule has 2 bridgehead atoms. The number of likely N-dealkylation sites (tertiary alicyclic amines) is 1. The first-order valence-electron chi connectivity index (χ1n) is 7.34. The van der Waals surface area contributed by atoms with Crippen molar-refractivity contribution in [2.45, 2.75) is 63.1 Å². The Labute approximate surface area is 109 Å². The summed E-state index contributed by atoms with van der Waals surface area (Å²) < 4.78 is 0. The maximum absolute atomic E-state index is 12.1. The molecule has 0 radical (unpaired) electrons. The number of carbonyl (C=O) groups excluding carboxylic acids is 1. The number of rotatable bonds is 3. The number of carbonyl (C=O) groups is 1. The third-order valence-electron chi connectivity index (χ3n) is 5.02. The van der Waals surface area contributed by atoms with E-state index in [4.69, 9.17) is 0 Å². The first kappa shape index (κ1) is 12.4. The van der Waals surface area contributed by atoms with Crippen molar-refractivity contribution in [3.8, 4) is 0 Å². The van der Waals surface area contributed by atoms with Crippen LogP contribution in [0.2, 0.25) is 0 Å². The van der Waals surface area contributed by atoms with E-state index >= 15 is 0 Å². The molecule has 3 rings (SSSR count). The molecule has 3 fully saturated rings. The second-order valence-electron chi connectivity index (χ2n) is 6.51. The second-order valence-corrected chi connectivity index (χ2v) is 6.51. The molecule has 3 aliphatic heterocycles. The van der Waals surface area contributed by atoms with Crippen LogP contribution in [0.25, 0.3) is 0 Å². The van der Waals surface area contributed by atoms with E-state index in [2.05, 4.69) is 5.32 Å². The Balaban J connectivity index is 1.47. The Morgan fingerprint density at radius 2 is 1.94 bits per heavy atom. The van der Waals surface area contributed by atoms with Crippen LogP contribution in [-0.4, -0.2) is 46.7 Å². The third kappa shape index (κ3) is 2.28. The van der Waals surface area contributed by atoms with E-state index < -0.39 is 5.60 Å². The summed E-state index contributed by atoms with van der Waals surface area (Å²) in [5, 5.41) is 13.5. The first-order valence-corrected chi connectivity index (χ1v) is 7.34. The van der Waals surface area contributed by atoms with Crippen LogP contribution in [0, 0.1) is 5.92 Å². The van der Waals surface area contributed by atoms with Gasteiger partial charge >= 0.3 is 0 Å². The maximum atomic E-state index is 12.1. The SMILES string of the molecule is CCC1(O)CN(C(=O)CC2CC3CCC(C2)N3)C1. The Morgan fingerprint density at radius 1 is 1.33 bits per heavy atom.